The summed E-state index contributed by atoms with van der Waals surface area (Å²) in [4.78, 5) is 27.2. The highest BCUT2D eigenvalue weighted by Gasteiger charge is 2.30. The molecule has 1 N–H and O–H groups in total. The topological polar surface area (TPSA) is 86.8 Å². The molecule has 0 bridgehead atoms. The summed E-state index contributed by atoms with van der Waals surface area (Å²) in [7, 11) is -2.25. The largest absolute Gasteiger partial charge is 0.357 e. The Balaban J connectivity index is 2.44. The van der Waals surface area contributed by atoms with Gasteiger partial charge in [-0.2, -0.15) is 0 Å². The number of amides is 2. The lowest BCUT2D eigenvalue weighted by atomic mass is 10.0. The fourth-order valence-corrected chi connectivity index (χ4v) is 4.51. The van der Waals surface area contributed by atoms with Crippen LogP contribution in [-0.4, -0.2) is 51.0 Å². The van der Waals surface area contributed by atoms with Gasteiger partial charge in [0.1, 0.15) is 12.6 Å². The first-order chi connectivity index (χ1) is 15.0. The number of sulfonamides is 1. The first-order valence-corrected chi connectivity index (χ1v) is 12.9. The van der Waals surface area contributed by atoms with Gasteiger partial charge in [0.05, 0.1) is 11.9 Å². The number of para-hydroxylation sites is 1. The summed E-state index contributed by atoms with van der Waals surface area (Å²) >= 11 is 3.38. The fourth-order valence-electron chi connectivity index (χ4n) is 3.38. The Morgan fingerprint density at radius 1 is 1.03 bits per heavy atom. The van der Waals surface area contributed by atoms with Crippen LogP contribution in [0.5, 0.6) is 0 Å². The lowest BCUT2D eigenvalue weighted by molar-refractivity contribution is -0.139. The Morgan fingerprint density at radius 2 is 1.62 bits per heavy atom. The van der Waals surface area contributed by atoms with Crippen LogP contribution in [0.1, 0.15) is 37.8 Å². The summed E-state index contributed by atoms with van der Waals surface area (Å²) < 4.78 is 27.4. The Labute approximate surface area is 199 Å². The maximum atomic E-state index is 13.4. The zero-order chi connectivity index (χ0) is 24.1. The Hall–Kier alpha value is -2.39. The van der Waals surface area contributed by atoms with E-state index in [-0.39, 0.29) is 18.4 Å². The number of nitrogens with zero attached hydrogens (tertiary/aromatic N) is 2. The van der Waals surface area contributed by atoms with Gasteiger partial charge in [-0.3, -0.25) is 13.9 Å². The molecular formula is C23H30BrN3O4S. The normalized spacial score (nSPS) is 12.3. The summed E-state index contributed by atoms with van der Waals surface area (Å²) in [5.41, 5.74) is 2.12. The molecule has 0 aliphatic heterocycles. The summed E-state index contributed by atoms with van der Waals surface area (Å²) in [6, 6.07) is 13.8. The molecule has 2 amide bonds. The maximum Gasteiger partial charge on any atom is 0.244 e. The van der Waals surface area contributed by atoms with Gasteiger partial charge in [0.25, 0.3) is 0 Å². The first-order valence-electron chi connectivity index (χ1n) is 10.3. The molecule has 0 fully saturated rings. The van der Waals surface area contributed by atoms with Gasteiger partial charge in [0.15, 0.2) is 0 Å². The summed E-state index contributed by atoms with van der Waals surface area (Å²) in [5, 5.41) is 2.56. The summed E-state index contributed by atoms with van der Waals surface area (Å²) in [5.74, 6) is -0.730. The van der Waals surface area contributed by atoms with Crippen molar-refractivity contribution in [1.29, 1.82) is 0 Å². The van der Waals surface area contributed by atoms with E-state index in [0.29, 0.717) is 5.69 Å². The molecular weight excluding hydrogens is 494 g/mol. The van der Waals surface area contributed by atoms with Gasteiger partial charge in [-0.15, -0.1) is 0 Å². The molecule has 1 atom stereocenters. The van der Waals surface area contributed by atoms with E-state index in [1.165, 1.54) is 11.9 Å². The molecule has 7 nitrogen and oxygen atoms in total. The van der Waals surface area contributed by atoms with Gasteiger partial charge < -0.3 is 10.2 Å². The summed E-state index contributed by atoms with van der Waals surface area (Å²) in [6.45, 7) is 5.33. The number of benzene rings is 2. The fraction of sp³-hybridized carbons (Fsp3) is 0.391. The third-order valence-corrected chi connectivity index (χ3v) is 6.84. The van der Waals surface area contributed by atoms with E-state index in [0.717, 1.165) is 26.2 Å². The smallest absolute Gasteiger partial charge is 0.244 e. The molecule has 32 heavy (non-hydrogen) atoms. The minimum absolute atomic E-state index is 0.0641. The van der Waals surface area contributed by atoms with E-state index in [1.807, 2.05) is 50.2 Å². The molecule has 2 aromatic carbocycles. The van der Waals surface area contributed by atoms with Crippen LogP contribution in [0, 0.1) is 0 Å². The minimum Gasteiger partial charge on any atom is -0.357 e. The molecule has 174 valence electrons. The molecule has 0 spiro atoms. The second-order valence-electron chi connectivity index (χ2n) is 7.92. The molecule has 0 radical (unpaired) electrons. The van der Waals surface area contributed by atoms with Gasteiger partial charge >= 0.3 is 0 Å². The van der Waals surface area contributed by atoms with Crippen molar-refractivity contribution in [2.45, 2.75) is 39.3 Å². The van der Waals surface area contributed by atoms with E-state index >= 15 is 0 Å². The number of rotatable bonds is 9. The van der Waals surface area contributed by atoms with E-state index in [4.69, 9.17) is 0 Å². The van der Waals surface area contributed by atoms with E-state index in [2.05, 4.69) is 21.2 Å². The number of hydrogen-bond donors (Lipinski definition) is 1. The number of carbonyl (C=O) groups is 2. The number of anilines is 1. The second-order valence-corrected chi connectivity index (χ2v) is 10.7. The third-order valence-electron chi connectivity index (χ3n) is 5.19. The standard InChI is InChI=1S/C23H30BrN3O4S/c1-16(2)20-8-6-7-9-21(20)27(32(5,30)31)15-22(28)26(17(3)23(29)25-4)14-18-10-12-19(24)13-11-18/h6-13,16-17H,14-15H2,1-5H3,(H,25,29)/t17-/m0/s1. The van der Waals surface area contributed by atoms with Gasteiger partial charge in [-0.05, 0) is 42.2 Å². The SMILES string of the molecule is CNC(=O)[C@H](C)N(Cc1ccc(Br)cc1)C(=O)CN(c1ccccc1C(C)C)S(C)(=O)=O. The van der Waals surface area contributed by atoms with Crippen molar-refractivity contribution >= 4 is 43.5 Å². The van der Waals surface area contributed by atoms with Crippen molar-refractivity contribution in [2.24, 2.45) is 0 Å². The molecule has 0 unspecified atom stereocenters. The lowest BCUT2D eigenvalue weighted by Crippen LogP contribution is -2.50. The number of hydrogen-bond acceptors (Lipinski definition) is 4. The van der Waals surface area contributed by atoms with Gasteiger partial charge in [-0.1, -0.05) is 60.1 Å². The van der Waals surface area contributed by atoms with Crippen LogP contribution in [0.3, 0.4) is 0 Å². The van der Waals surface area contributed by atoms with Crippen molar-refractivity contribution in [2.75, 3.05) is 24.2 Å². The van der Waals surface area contributed by atoms with Gasteiger partial charge in [-0.25, -0.2) is 8.42 Å². The zero-order valence-electron chi connectivity index (χ0n) is 19.0. The summed E-state index contributed by atoms with van der Waals surface area (Å²) in [6.07, 6.45) is 1.08. The van der Waals surface area contributed by atoms with Gasteiger partial charge in [0, 0.05) is 18.1 Å². The second kappa shape index (κ2) is 11.0. The molecule has 0 aromatic heterocycles. The number of halogens is 1. The predicted octanol–water partition coefficient (Wildman–Crippen LogP) is 3.50. The molecule has 2 aromatic rings. The molecule has 9 heteroatoms. The Morgan fingerprint density at radius 3 is 2.16 bits per heavy atom. The molecule has 2 rings (SSSR count). The molecule has 0 saturated heterocycles. The van der Waals surface area contributed by atoms with Crippen LogP contribution in [0.25, 0.3) is 0 Å². The van der Waals surface area contributed by atoms with Crippen LogP contribution in [-0.2, 0) is 26.2 Å². The monoisotopic (exact) mass is 523 g/mol. The zero-order valence-corrected chi connectivity index (χ0v) is 21.4. The van der Waals surface area contributed by atoms with Crippen molar-refractivity contribution in [3.63, 3.8) is 0 Å². The average Bonchev–Trinajstić information content (AvgIpc) is 2.75. The Kier molecular flexibility index (Phi) is 8.86. The molecule has 0 saturated carbocycles. The maximum absolute atomic E-state index is 13.4. The Bertz CT molecular complexity index is 1060. The molecule has 0 aliphatic rings. The minimum atomic E-state index is -3.75. The number of nitrogens with one attached hydrogen (secondary N) is 1. The van der Waals surface area contributed by atoms with Crippen LogP contribution in [0.15, 0.2) is 53.0 Å². The highest BCUT2D eigenvalue weighted by Crippen LogP contribution is 2.29. The average molecular weight is 524 g/mol. The molecule has 0 heterocycles. The van der Waals surface area contributed by atoms with Crippen molar-refractivity contribution in [3.8, 4) is 0 Å². The highest BCUT2D eigenvalue weighted by atomic mass is 79.9. The van der Waals surface area contributed by atoms with Crippen LogP contribution in [0.2, 0.25) is 0 Å². The van der Waals surface area contributed by atoms with Crippen LogP contribution >= 0.6 is 15.9 Å². The van der Waals surface area contributed by atoms with Crippen molar-refractivity contribution in [3.05, 3.63) is 64.1 Å². The van der Waals surface area contributed by atoms with Crippen LogP contribution < -0.4 is 9.62 Å². The first kappa shape index (κ1) is 25.9. The third kappa shape index (κ3) is 6.56. The van der Waals surface area contributed by atoms with Crippen LogP contribution in [0.4, 0.5) is 5.69 Å². The molecule has 0 aliphatic carbocycles. The van der Waals surface area contributed by atoms with Gasteiger partial charge in [0.2, 0.25) is 21.8 Å². The quantitative estimate of drug-likeness (QED) is 0.544. The number of likely N-dealkylation sites (N-methyl/N-ethyl adjacent to an activating group) is 1. The highest BCUT2D eigenvalue weighted by molar-refractivity contribution is 9.10. The number of carbonyl (C=O) groups excluding carboxylic acids is 2. The van der Waals surface area contributed by atoms with E-state index in [1.54, 1.807) is 19.1 Å². The van der Waals surface area contributed by atoms with E-state index < -0.39 is 28.5 Å². The van der Waals surface area contributed by atoms with Crippen molar-refractivity contribution < 1.29 is 18.0 Å². The predicted molar refractivity (Wildman–Crippen MR) is 131 cm³/mol. The van der Waals surface area contributed by atoms with E-state index in [9.17, 15) is 18.0 Å². The lowest BCUT2D eigenvalue weighted by Gasteiger charge is -2.32. The van der Waals surface area contributed by atoms with Crippen molar-refractivity contribution in [1.82, 2.24) is 10.2 Å².